The second-order valence-electron chi connectivity index (χ2n) is 6.70. The Hall–Kier alpha value is -2.74. The Kier molecular flexibility index (Phi) is 5.43. The number of rotatable bonds is 5. The van der Waals surface area contributed by atoms with Crippen LogP contribution in [0, 0.1) is 0 Å². The molecule has 2 amide bonds. The van der Waals surface area contributed by atoms with Crippen LogP contribution >= 0.6 is 11.3 Å². The van der Waals surface area contributed by atoms with Gasteiger partial charge in [0.05, 0.1) is 5.69 Å². The van der Waals surface area contributed by atoms with Gasteiger partial charge in [-0.1, -0.05) is 12.1 Å². The Morgan fingerprint density at radius 2 is 2.22 bits per heavy atom. The SMILES string of the molecule is O=C(Nc1cccc(-n2cnnn2)c1)N1CCCC[C@@H]1CCc1cccs1. The standard InChI is InChI=1S/C19H22N6OS/c26-19(21-15-5-3-7-17(13-15)25-14-20-22-23-25)24-11-2-1-6-16(24)9-10-18-8-4-12-27-18/h3-5,7-8,12-14,16H,1-2,6,9-11H2,(H,21,26)/t16-/m1/s1. The van der Waals surface area contributed by atoms with Gasteiger partial charge in [-0.15, -0.1) is 16.4 Å². The number of amides is 2. The monoisotopic (exact) mass is 382 g/mol. The lowest BCUT2D eigenvalue weighted by atomic mass is 9.98. The van der Waals surface area contributed by atoms with E-state index in [1.807, 2.05) is 29.2 Å². The van der Waals surface area contributed by atoms with Gasteiger partial charge in [0.25, 0.3) is 0 Å². The number of aromatic nitrogens is 4. The number of urea groups is 1. The van der Waals surface area contributed by atoms with E-state index in [1.54, 1.807) is 16.0 Å². The maximum absolute atomic E-state index is 12.9. The molecule has 0 aliphatic carbocycles. The first-order chi connectivity index (χ1) is 13.3. The number of carbonyl (C=O) groups excluding carboxylic acids is 1. The highest BCUT2D eigenvalue weighted by Gasteiger charge is 2.26. The molecule has 3 heterocycles. The zero-order valence-electron chi connectivity index (χ0n) is 15.0. The van der Waals surface area contributed by atoms with Crippen LogP contribution in [0.3, 0.4) is 0 Å². The van der Waals surface area contributed by atoms with Gasteiger partial charge >= 0.3 is 6.03 Å². The van der Waals surface area contributed by atoms with Gasteiger partial charge in [-0.2, -0.15) is 0 Å². The summed E-state index contributed by atoms with van der Waals surface area (Å²) < 4.78 is 1.57. The third kappa shape index (κ3) is 4.33. The molecule has 1 fully saturated rings. The van der Waals surface area contributed by atoms with Crippen molar-refractivity contribution in [3.63, 3.8) is 0 Å². The van der Waals surface area contributed by atoms with Gasteiger partial charge in [-0.25, -0.2) is 9.48 Å². The quantitative estimate of drug-likeness (QED) is 0.729. The van der Waals surface area contributed by atoms with Crippen LogP contribution in [0.1, 0.15) is 30.6 Å². The van der Waals surface area contributed by atoms with Crippen molar-refractivity contribution in [3.8, 4) is 5.69 Å². The Labute approximate surface area is 162 Å². The van der Waals surface area contributed by atoms with Crippen LogP contribution in [0.5, 0.6) is 0 Å². The number of benzene rings is 1. The molecule has 0 bridgehead atoms. The van der Waals surface area contributed by atoms with Crippen molar-refractivity contribution in [1.29, 1.82) is 0 Å². The number of tetrazole rings is 1. The van der Waals surface area contributed by atoms with Gasteiger partial charge in [0.1, 0.15) is 6.33 Å². The molecule has 3 aromatic rings. The minimum atomic E-state index is -0.0280. The summed E-state index contributed by atoms with van der Waals surface area (Å²) in [7, 11) is 0. The van der Waals surface area contributed by atoms with E-state index in [9.17, 15) is 4.79 Å². The molecule has 140 valence electrons. The van der Waals surface area contributed by atoms with Crippen LogP contribution in [-0.4, -0.2) is 43.7 Å². The molecule has 27 heavy (non-hydrogen) atoms. The predicted octanol–water partition coefficient (Wildman–Crippen LogP) is 3.74. The van der Waals surface area contributed by atoms with Gasteiger partial charge in [0.15, 0.2) is 0 Å². The van der Waals surface area contributed by atoms with E-state index in [4.69, 9.17) is 0 Å². The van der Waals surface area contributed by atoms with E-state index < -0.39 is 0 Å². The van der Waals surface area contributed by atoms with E-state index in [0.717, 1.165) is 43.6 Å². The molecular weight excluding hydrogens is 360 g/mol. The van der Waals surface area contributed by atoms with E-state index in [0.29, 0.717) is 6.04 Å². The predicted molar refractivity (Wildman–Crippen MR) is 105 cm³/mol. The Morgan fingerprint density at radius 1 is 1.26 bits per heavy atom. The molecule has 0 spiro atoms. The van der Waals surface area contributed by atoms with Crippen molar-refractivity contribution in [1.82, 2.24) is 25.1 Å². The summed E-state index contributed by atoms with van der Waals surface area (Å²) in [6, 6.07) is 12.1. The maximum atomic E-state index is 12.9. The zero-order valence-corrected chi connectivity index (χ0v) is 15.8. The normalized spacial score (nSPS) is 17.0. The topological polar surface area (TPSA) is 75.9 Å². The third-order valence-corrected chi connectivity index (χ3v) is 5.84. The molecule has 4 rings (SSSR count). The lowest BCUT2D eigenvalue weighted by Crippen LogP contribution is -2.46. The van der Waals surface area contributed by atoms with Crippen LogP contribution in [-0.2, 0) is 6.42 Å². The fraction of sp³-hybridized carbons (Fsp3) is 0.368. The van der Waals surface area contributed by atoms with E-state index in [1.165, 1.54) is 17.6 Å². The second kappa shape index (κ2) is 8.30. The molecule has 1 N–H and O–H groups in total. The van der Waals surface area contributed by atoms with Gasteiger partial charge in [-0.3, -0.25) is 0 Å². The van der Waals surface area contributed by atoms with Crippen molar-refractivity contribution in [2.75, 3.05) is 11.9 Å². The van der Waals surface area contributed by atoms with Crippen LogP contribution in [0.4, 0.5) is 10.5 Å². The van der Waals surface area contributed by atoms with Crippen LogP contribution in [0.25, 0.3) is 5.69 Å². The number of nitrogens with zero attached hydrogens (tertiary/aromatic N) is 5. The summed E-state index contributed by atoms with van der Waals surface area (Å²) in [5, 5.41) is 16.3. The molecule has 0 unspecified atom stereocenters. The fourth-order valence-corrected chi connectivity index (χ4v) is 4.26. The van der Waals surface area contributed by atoms with Crippen molar-refractivity contribution >= 4 is 23.1 Å². The molecule has 8 heteroatoms. The molecule has 1 aliphatic rings. The van der Waals surface area contributed by atoms with Gasteiger partial charge in [-0.05, 0) is 72.2 Å². The number of likely N-dealkylation sites (tertiary alicyclic amines) is 1. The summed E-state index contributed by atoms with van der Waals surface area (Å²) in [6.45, 7) is 0.813. The fourth-order valence-electron chi connectivity index (χ4n) is 3.53. The van der Waals surface area contributed by atoms with Crippen LogP contribution in [0.15, 0.2) is 48.1 Å². The Morgan fingerprint density at radius 3 is 3.04 bits per heavy atom. The average Bonchev–Trinajstić information content (AvgIpc) is 3.41. The Bertz CT molecular complexity index is 864. The molecule has 2 aromatic heterocycles. The number of anilines is 1. The number of hydrogen-bond acceptors (Lipinski definition) is 5. The number of carbonyl (C=O) groups is 1. The average molecular weight is 382 g/mol. The largest absolute Gasteiger partial charge is 0.322 e. The molecule has 0 radical (unpaired) electrons. The number of piperidine rings is 1. The molecule has 1 saturated heterocycles. The van der Waals surface area contributed by atoms with Gasteiger partial charge < -0.3 is 10.2 Å². The summed E-state index contributed by atoms with van der Waals surface area (Å²) in [4.78, 5) is 16.3. The number of nitrogens with one attached hydrogen (secondary N) is 1. The molecule has 1 atom stereocenters. The van der Waals surface area contributed by atoms with Crippen molar-refractivity contribution in [2.24, 2.45) is 0 Å². The minimum absolute atomic E-state index is 0.0280. The summed E-state index contributed by atoms with van der Waals surface area (Å²) in [6.07, 6.45) is 6.90. The minimum Gasteiger partial charge on any atom is -0.322 e. The molecule has 1 aromatic carbocycles. The van der Waals surface area contributed by atoms with Gasteiger partial charge in [0, 0.05) is 23.2 Å². The number of aryl methyl sites for hydroxylation is 1. The van der Waals surface area contributed by atoms with E-state index in [-0.39, 0.29) is 6.03 Å². The van der Waals surface area contributed by atoms with Crippen molar-refractivity contribution in [3.05, 3.63) is 53.0 Å². The van der Waals surface area contributed by atoms with Crippen molar-refractivity contribution < 1.29 is 4.79 Å². The summed E-state index contributed by atoms with van der Waals surface area (Å²) in [5.41, 5.74) is 1.56. The highest BCUT2D eigenvalue weighted by atomic mass is 32.1. The molecule has 0 saturated carbocycles. The highest BCUT2D eigenvalue weighted by molar-refractivity contribution is 7.09. The zero-order chi connectivity index (χ0) is 18.5. The molecular formula is C19H22N6OS. The summed E-state index contributed by atoms with van der Waals surface area (Å²) >= 11 is 1.79. The van der Waals surface area contributed by atoms with Crippen LogP contribution < -0.4 is 5.32 Å². The van der Waals surface area contributed by atoms with Gasteiger partial charge in [0.2, 0.25) is 0 Å². The highest BCUT2D eigenvalue weighted by Crippen LogP contribution is 2.24. The van der Waals surface area contributed by atoms with E-state index in [2.05, 4.69) is 38.4 Å². The summed E-state index contributed by atoms with van der Waals surface area (Å²) in [5.74, 6) is 0. The molecule has 7 nitrogen and oxygen atoms in total. The first-order valence-corrected chi connectivity index (χ1v) is 10.1. The number of hydrogen-bond donors (Lipinski definition) is 1. The van der Waals surface area contributed by atoms with E-state index >= 15 is 0 Å². The lowest BCUT2D eigenvalue weighted by molar-refractivity contribution is 0.158. The Balaban J connectivity index is 1.42. The third-order valence-electron chi connectivity index (χ3n) is 4.90. The second-order valence-corrected chi connectivity index (χ2v) is 7.73. The number of thiophene rings is 1. The maximum Gasteiger partial charge on any atom is 0.322 e. The smallest absolute Gasteiger partial charge is 0.322 e. The first-order valence-electron chi connectivity index (χ1n) is 9.23. The van der Waals surface area contributed by atoms with Crippen LogP contribution in [0.2, 0.25) is 0 Å². The lowest BCUT2D eigenvalue weighted by Gasteiger charge is -2.35. The molecule has 1 aliphatic heterocycles. The first kappa shape index (κ1) is 17.7. The van der Waals surface area contributed by atoms with Crippen molar-refractivity contribution in [2.45, 2.75) is 38.1 Å².